The van der Waals surface area contributed by atoms with Crippen LogP contribution >= 0.6 is 11.3 Å². The number of benzene rings is 2. The molecule has 2 aromatic carbocycles. The second-order valence-electron chi connectivity index (χ2n) is 5.84. The third-order valence-corrected chi connectivity index (χ3v) is 4.77. The Kier molecular flexibility index (Phi) is 3.69. The van der Waals surface area contributed by atoms with Gasteiger partial charge >= 0.3 is 0 Å². The van der Waals surface area contributed by atoms with Crippen molar-refractivity contribution in [3.63, 3.8) is 0 Å². The molecule has 3 aromatic rings. The summed E-state index contributed by atoms with van der Waals surface area (Å²) in [6.07, 6.45) is 0. The van der Waals surface area contributed by atoms with Gasteiger partial charge in [0, 0.05) is 4.88 Å². The van der Waals surface area contributed by atoms with E-state index in [2.05, 4.69) is 75.5 Å². The molecule has 0 aliphatic rings. The van der Waals surface area contributed by atoms with Gasteiger partial charge in [0.15, 0.2) is 0 Å². The monoisotopic (exact) mass is 292 g/mol. The lowest BCUT2D eigenvalue weighted by molar-refractivity contribution is 1.34. The van der Waals surface area contributed by atoms with Gasteiger partial charge in [-0.1, -0.05) is 35.4 Å². The van der Waals surface area contributed by atoms with Crippen LogP contribution in [0.5, 0.6) is 0 Å². The first-order valence-corrected chi connectivity index (χ1v) is 8.16. The molecule has 0 aliphatic heterocycles. The molecule has 1 heterocycles. The normalized spacial score (nSPS) is 10.9. The minimum Gasteiger partial charge on any atom is -0.144 e. The third kappa shape index (κ3) is 2.79. The highest BCUT2D eigenvalue weighted by molar-refractivity contribution is 7.13. The molecule has 0 radical (unpaired) electrons. The van der Waals surface area contributed by atoms with Gasteiger partial charge in [-0.3, -0.25) is 0 Å². The van der Waals surface area contributed by atoms with E-state index in [0.29, 0.717) is 0 Å². The van der Waals surface area contributed by atoms with Crippen molar-refractivity contribution in [1.82, 2.24) is 0 Å². The topological polar surface area (TPSA) is 0 Å². The minimum absolute atomic E-state index is 1.33. The van der Waals surface area contributed by atoms with Gasteiger partial charge in [0.1, 0.15) is 0 Å². The lowest BCUT2D eigenvalue weighted by Crippen LogP contribution is -1.91. The summed E-state index contributed by atoms with van der Waals surface area (Å²) >= 11 is 1.80. The number of hydrogen-bond donors (Lipinski definition) is 0. The standard InChI is InChI=1S/C20H20S/c1-13-8-14(2)10-18(9-13)20-15(3)11-17(12-16(20)4)19-6-5-7-21-19/h5-12H,1-4H3. The van der Waals surface area contributed by atoms with E-state index >= 15 is 0 Å². The Balaban J connectivity index is 2.16. The van der Waals surface area contributed by atoms with Crippen molar-refractivity contribution in [3.8, 4) is 21.6 Å². The van der Waals surface area contributed by atoms with E-state index in [1.54, 1.807) is 11.3 Å². The van der Waals surface area contributed by atoms with Crippen molar-refractivity contribution < 1.29 is 0 Å². The predicted octanol–water partition coefficient (Wildman–Crippen LogP) is 6.32. The SMILES string of the molecule is Cc1cc(C)cc(-c2c(C)cc(-c3cccs3)cc2C)c1. The van der Waals surface area contributed by atoms with Gasteiger partial charge in [-0.15, -0.1) is 11.3 Å². The van der Waals surface area contributed by atoms with Crippen molar-refractivity contribution >= 4 is 11.3 Å². The second kappa shape index (κ2) is 5.50. The van der Waals surface area contributed by atoms with Crippen LogP contribution in [0.25, 0.3) is 21.6 Å². The zero-order valence-corrected chi connectivity index (χ0v) is 13.8. The van der Waals surface area contributed by atoms with E-state index in [1.807, 2.05) is 0 Å². The number of rotatable bonds is 2. The lowest BCUT2D eigenvalue weighted by Gasteiger charge is -2.14. The van der Waals surface area contributed by atoms with Crippen LogP contribution in [0.4, 0.5) is 0 Å². The van der Waals surface area contributed by atoms with Crippen LogP contribution in [0.15, 0.2) is 47.8 Å². The lowest BCUT2D eigenvalue weighted by atomic mass is 9.91. The van der Waals surface area contributed by atoms with Gasteiger partial charge in [0.05, 0.1) is 0 Å². The van der Waals surface area contributed by atoms with Crippen LogP contribution in [0, 0.1) is 27.7 Å². The van der Waals surface area contributed by atoms with Crippen LogP contribution in [0.1, 0.15) is 22.3 Å². The maximum absolute atomic E-state index is 2.31. The number of hydrogen-bond acceptors (Lipinski definition) is 1. The highest BCUT2D eigenvalue weighted by atomic mass is 32.1. The largest absolute Gasteiger partial charge is 0.144 e. The molecule has 0 nitrogen and oxygen atoms in total. The minimum atomic E-state index is 1.33. The molecule has 0 N–H and O–H groups in total. The molecule has 0 saturated carbocycles. The molecule has 0 aliphatic carbocycles. The van der Waals surface area contributed by atoms with Crippen LogP contribution in [-0.2, 0) is 0 Å². The highest BCUT2D eigenvalue weighted by Crippen LogP contribution is 2.34. The molecule has 0 spiro atoms. The van der Waals surface area contributed by atoms with Gasteiger partial charge in [0.25, 0.3) is 0 Å². The summed E-state index contributed by atoms with van der Waals surface area (Å²) in [7, 11) is 0. The first-order chi connectivity index (χ1) is 10.0. The van der Waals surface area contributed by atoms with E-state index in [9.17, 15) is 0 Å². The van der Waals surface area contributed by atoms with Gasteiger partial charge in [-0.25, -0.2) is 0 Å². The molecular formula is C20H20S. The Morgan fingerprint density at radius 1 is 0.714 bits per heavy atom. The van der Waals surface area contributed by atoms with Gasteiger partial charge in [0.2, 0.25) is 0 Å². The molecule has 1 aromatic heterocycles. The summed E-state index contributed by atoms with van der Waals surface area (Å²) in [6, 6.07) is 15.7. The van der Waals surface area contributed by atoms with Crippen molar-refractivity contribution in [3.05, 3.63) is 70.1 Å². The highest BCUT2D eigenvalue weighted by Gasteiger charge is 2.10. The fraction of sp³-hybridized carbons (Fsp3) is 0.200. The molecule has 0 atom stereocenters. The Morgan fingerprint density at radius 2 is 1.33 bits per heavy atom. The average Bonchev–Trinajstić information content (AvgIpc) is 2.90. The average molecular weight is 292 g/mol. The summed E-state index contributed by atoms with van der Waals surface area (Å²) in [5, 5.41) is 2.14. The molecular weight excluding hydrogens is 272 g/mol. The maximum Gasteiger partial charge on any atom is 0.0342 e. The van der Waals surface area contributed by atoms with Crippen LogP contribution in [0.2, 0.25) is 0 Å². The first-order valence-electron chi connectivity index (χ1n) is 7.28. The van der Waals surface area contributed by atoms with Gasteiger partial charge < -0.3 is 0 Å². The van der Waals surface area contributed by atoms with E-state index in [0.717, 1.165) is 0 Å². The van der Waals surface area contributed by atoms with E-state index in [-0.39, 0.29) is 0 Å². The van der Waals surface area contributed by atoms with E-state index in [4.69, 9.17) is 0 Å². The smallest absolute Gasteiger partial charge is 0.0342 e. The summed E-state index contributed by atoms with van der Waals surface area (Å²) < 4.78 is 0. The Bertz CT molecular complexity index is 736. The Labute approximate surface area is 131 Å². The molecule has 0 unspecified atom stereocenters. The van der Waals surface area contributed by atoms with Crippen molar-refractivity contribution in [2.75, 3.05) is 0 Å². The van der Waals surface area contributed by atoms with Crippen LogP contribution in [0.3, 0.4) is 0 Å². The zero-order valence-electron chi connectivity index (χ0n) is 13.0. The summed E-state index contributed by atoms with van der Waals surface area (Å²) in [4.78, 5) is 1.34. The maximum atomic E-state index is 2.31. The van der Waals surface area contributed by atoms with Gasteiger partial charge in [-0.2, -0.15) is 0 Å². The summed E-state index contributed by atoms with van der Waals surface area (Å²) in [6.45, 7) is 8.77. The Hall–Kier alpha value is -1.86. The number of aryl methyl sites for hydroxylation is 4. The molecule has 0 saturated heterocycles. The summed E-state index contributed by atoms with van der Waals surface area (Å²) in [5.74, 6) is 0. The molecule has 0 bridgehead atoms. The molecule has 1 heteroatoms. The van der Waals surface area contributed by atoms with Crippen LogP contribution < -0.4 is 0 Å². The van der Waals surface area contributed by atoms with Crippen molar-refractivity contribution in [1.29, 1.82) is 0 Å². The molecule has 0 fully saturated rings. The first kappa shape index (κ1) is 14.1. The third-order valence-electron chi connectivity index (χ3n) is 3.85. The fourth-order valence-electron chi connectivity index (χ4n) is 3.12. The molecule has 0 amide bonds. The zero-order chi connectivity index (χ0) is 15.0. The molecule has 106 valence electrons. The van der Waals surface area contributed by atoms with Gasteiger partial charge in [-0.05, 0) is 79.1 Å². The Morgan fingerprint density at radius 3 is 1.86 bits per heavy atom. The fourth-order valence-corrected chi connectivity index (χ4v) is 3.84. The molecule has 21 heavy (non-hydrogen) atoms. The molecule has 3 rings (SSSR count). The quantitative estimate of drug-likeness (QED) is 0.518. The van der Waals surface area contributed by atoms with Crippen molar-refractivity contribution in [2.24, 2.45) is 0 Å². The summed E-state index contributed by atoms with van der Waals surface area (Å²) in [5.41, 5.74) is 9.39. The van der Waals surface area contributed by atoms with Crippen LogP contribution in [-0.4, -0.2) is 0 Å². The number of thiophene rings is 1. The predicted molar refractivity (Wildman–Crippen MR) is 94.1 cm³/mol. The van der Waals surface area contributed by atoms with E-state index < -0.39 is 0 Å². The second-order valence-corrected chi connectivity index (χ2v) is 6.79. The van der Waals surface area contributed by atoms with Crippen molar-refractivity contribution in [2.45, 2.75) is 27.7 Å². The van der Waals surface area contributed by atoms with E-state index in [1.165, 1.54) is 43.8 Å².